The first-order valence-corrected chi connectivity index (χ1v) is 5.88. The largest absolute Gasteiger partial charge is 0.508 e. The highest BCUT2D eigenvalue weighted by Crippen LogP contribution is 2.15. The molecule has 18 heavy (non-hydrogen) atoms. The van der Waals surface area contributed by atoms with E-state index in [1.165, 1.54) is 6.07 Å². The molecule has 0 aromatic heterocycles. The third-order valence-corrected chi connectivity index (χ3v) is 2.67. The zero-order valence-electron chi connectivity index (χ0n) is 10.8. The predicted octanol–water partition coefficient (Wildman–Crippen LogP) is 0.794. The SMILES string of the molecule is COCC(CCN)NC(=O)c1ccc(O)cc1C. The predicted molar refractivity (Wildman–Crippen MR) is 69.6 cm³/mol. The summed E-state index contributed by atoms with van der Waals surface area (Å²) in [6.07, 6.45) is 0.663. The number of aryl methyl sites for hydroxylation is 1. The minimum absolute atomic E-state index is 0.0966. The number of aromatic hydroxyl groups is 1. The molecule has 0 saturated heterocycles. The van der Waals surface area contributed by atoms with Gasteiger partial charge in [0, 0.05) is 12.7 Å². The quantitative estimate of drug-likeness (QED) is 0.699. The van der Waals surface area contributed by atoms with Crippen molar-refractivity contribution in [2.45, 2.75) is 19.4 Å². The lowest BCUT2D eigenvalue weighted by molar-refractivity contribution is 0.0893. The molecule has 0 aliphatic rings. The van der Waals surface area contributed by atoms with Crippen molar-refractivity contribution in [3.63, 3.8) is 0 Å². The number of phenolic OH excluding ortho intramolecular Hbond substituents is 1. The maximum absolute atomic E-state index is 12.0. The second kappa shape index (κ2) is 6.98. The van der Waals surface area contributed by atoms with Crippen molar-refractivity contribution in [3.05, 3.63) is 29.3 Å². The number of carbonyl (C=O) groups excluding carboxylic acids is 1. The molecule has 0 spiro atoms. The van der Waals surface area contributed by atoms with E-state index in [-0.39, 0.29) is 17.7 Å². The number of amides is 1. The molecule has 0 saturated carbocycles. The van der Waals surface area contributed by atoms with Crippen molar-refractivity contribution >= 4 is 5.91 Å². The van der Waals surface area contributed by atoms with E-state index in [2.05, 4.69) is 5.32 Å². The normalized spacial score (nSPS) is 12.2. The number of methoxy groups -OCH3 is 1. The zero-order valence-corrected chi connectivity index (χ0v) is 10.8. The van der Waals surface area contributed by atoms with E-state index in [4.69, 9.17) is 10.5 Å². The van der Waals surface area contributed by atoms with Gasteiger partial charge in [-0.25, -0.2) is 0 Å². The van der Waals surface area contributed by atoms with Crippen LogP contribution in [0.15, 0.2) is 18.2 Å². The number of carbonyl (C=O) groups is 1. The molecule has 0 heterocycles. The molecular weight excluding hydrogens is 232 g/mol. The van der Waals surface area contributed by atoms with Crippen molar-refractivity contribution < 1.29 is 14.6 Å². The first-order valence-electron chi connectivity index (χ1n) is 5.88. The lowest BCUT2D eigenvalue weighted by Crippen LogP contribution is -2.39. The number of hydrogen-bond acceptors (Lipinski definition) is 4. The van der Waals surface area contributed by atoms with E-state index in [0.29, 0.717) is 25.1 Å². The Morgan fingerprint density at radius 2 is 2.28 bits per heavy atom. The Morgan fingerprint density at radius 3 is 2.83 bits per heavy atom. The average Bonchev–Trinajstić information content (AvgIpc) is 2.29. The number of hydrogen-bond donors (Lipinski definition) is 3. The first-order chi connectivity index (χ1) is 8.58. The van der Waals surface area contributed by atoms with E-state index in [1.807, 2.05) is 0 Å². The second-order valence-electron chi connectivity index (χ2n) is 4.20. The smallest absolute Gasteiger partial charge is 0.251 e. The van der Waals surface area contributed by atoms with Crippen LogP contribution in [-0.4, -0.2) is 37.3 Å². The van der Waals surface area contributed by atoms with Gasteiger partial charge in [0.1, 0.15) is 5.75 Å². The fourth-order valence-electron chi connectivity index (χ4n) is 1.77. The Labute approximate surface area is 107 Å². The number of ether oxygens (including phenoxy) is 1. The molecule has 1 amide bonds. The maximum Gasteiger partial charge on any atom is 0.251 e. The fourth-order valence-corrected chi connectivity index (χ4v) is 1.77. The zero-order chi connectivity index (χ0) is 13.5. The highest BCUT2D eigenvalue weighted by atomic mass is 16.5. The Kier molecular flexibility index (Phi) is 5.61. The van der Waals surface area contributed by atoms with Crippen LogP contribution in [0.4, 0.5) is 0 Å². The van der Waals surface area contributed by atoms with Crippen LogP contribution in [0.3, 0.4) is 0 Å². The van der Waals surface area contributed by atoms with Crippen LogP contribution < -0.4 is 11.1 Å². The van der Waals surface area contributed by atoms with Gasteiger partial charge in [-0.05, 0) is 43.7 Å². The van der Waals surface area contributed by atoms with E-state index in [0.717, 1.165) is 5.56 Å². The van der Waals surface area contributed by atoms with Crippen molar-refractivity contribution in [1.82, 2.24) is 5.32 Å². The topological polar surface area (TPSA) is 84.6 Å². The van der Waals surface area contributed by atoms with E-state index < -0.39 is 0 Å². The molecule has 0 aliphatic carbocycles. The van der Waals surface area contributed by atoms with Crippen molar-refractivity contribution in [2.75, 3.05) is 20.3 Å². The van der Waals surface area contributed by atoms with E-state index >= 15 is 0 Å². The number of nitrogens with one attached hydrogen (secondary N) is 1. The van der Waals surface area contributed by atoms with Crippen LogP contribution in [-0.2, 0) is 4.74 Å². The van der Waals surface area contributed by atoms with Crippen LogP contribution in [0.1, 0.15) is 22.3 Å². The van der Waals surface area contributed by atoms with Gasteiger partial charge in [-0.15, -0.1) is 0 Å². The monoisotopic (exact) mass is 252 g/mol. The summed E-state index contributed by atoms with van der Waals surface area (Å²) in [6, 6.07) is 4.56. The summed E-state index contributed by atoms with van der Waals surface area (Å²) in [4.78, 5) is 12.0. The summed E-state index contributed by atoms with van der Waals surface area (Å²) in [5.74, 6) is -0.0255. The first kappa shape index (κ1) is 14.5. The van der Waals surface area contributed by atoms with Gasteiger partial charge in [0.2, 0.25) is 0 Å². The summed E-state index contributed by atoms with van der Waals surface area (Å²) in [5.41, 5.74) is 6.76. The average molecular weight is 252 g/mol. The molecule has 1 rings (SSSR count). The fraction of sp³-hybridized carbons (Fsp3) is 0.462. The van der Waals surface area contributed by atoms with E-state index in [9.17, 15) is 9.90 Å². The van der Waals surface area contributed by atoms with Gasteiger partial charge in [0.15, 0.2) is 0 Å². The van der Waals surface area contributed by atoms with Crippen molar-refractivity contribution in [3.8, 4) is 5.75 Å². The minimum atomic E-state index is -0.178. The van der Waals surface area contributed by atoms with Gasteiger partial charge in [-0.1, -0.05) is 0 Å². The summed E-state index contributed by atoms with van der Waals surface area (Å²) in [7, 11) is 1.58. The lowest BCUT2D eigenvalue weighted by atomic mass is 10.1. The molecule has 5 heteroatoms. The molecule has 4 N–H and O–H groups in total. The van der Waals surface area contributed by atoms with Gasteiger partial charge < -0.3 is 20.9 Å². The summed E-state index contributed by atoms with van der Waals surface area (Å²) < 4.78 is 5.03. The maximum atomic E-state index is 12.0. The molecule has 1 aromatic rings. The Balaban J connectivity index is 2.73. The number of phenols is 1. The molecule has 1 aromatic carbocycles. The highest BCUT2D eigenvalue weighted by molar-refractivity contribution is 5.95. The molecule has 1 atom stereocenters. The molecule has 100 valence electrons. The van der Waals surface area contributed by atoms with Gasteiger partial charge in [0.25, 0.3) is 5.91 Å². The Morgan fingerprint density at radius 1 is 1.56 bits per heavy atom. The second-order valence-corrected chi connectivity index (χ2v) is 4.20. The third kappa shape index (κ3) is 4.01. The van der Waals surface area contributed by atoms with Gasteiger partial charge >= 0.3 is 0 Å². The summed E-state index contributed by atoms with van der Waals surface area (Å²) >= 11 is 0. The van der Waals surface area contributed by atoms with Gasteiger partial charge in [-0.3, -0.25) is 4.79 Å². The van der Waals surface area contributed by atoms with Gasteiger partial charge in [-0.2, -0.15) is 0 Å². The summed E-state index contributed by atoms with van der Waals surface area (Å²) in [5, 5.41) is 12.2. The molecular formula is C13H20N2O3. The summed E-state index contributed by atoms with van der Waals surface area (Å²) in [6.45, 7) is 2.70. The van der Waals surface area contributed by atoms with E-state index in [1.54, 1.807) is 26.2 Å². The number of benzene rings is 1. The van der Waals surface area contributed by atoms with Crippen LogP contribution in [0.5, 0.6) is 5.75 Å². The van der Waals surface area contributed by atoms with Crippen LogP contribution in [0.2, 0.25) is 0 Å². The van der Waals surface area contributed by atoms with Crippen LogP contribution in [0.25, 0.3) is 0 Å². The van der Waals surface area contributed by atoms with Crippen LogP contribution >= 0.6 is 0 Å². The van der Waals surface area contributed by atoms with Crippen LogP contribution in [0, 0.1) is 6.92 Å². The minimum Gasteiger partial charge on any atom is -0.508 e. The lowest BCUT2D eigenvalue weighted by Gasteiger charge is -2.17. The van der Waals surface area contributed by atoms with Gasteiger partial charge in [0.05, 0.1) is 12.6 Å². The van der Waals surface area contributed by atoms with Crippen molar-refractivity contribution in [1.29, 1.82) is 0 Å². The molecule has 0 radical (unpaired) electrons. The molecule has 1 unspecified atom stereocenters. The molecule has 0 bridgehead atoms. The molecule has 0 aliphatic heterocycles. The third-order valence-electron chi connectivity index (χ3n) is 2.67. The van der Waals surface area contributed by atoms with Crippen molar-refractivity contribution in [2.24, 2.45) is 5.73 Å². The molecule has 0 fully saturated rings. The highest BCUT2D eigenvalue weighted by Gasteiger charge is 2.14. The number of nitrogens with two attached hydrogens (primary N) is 1. The Hall–Kier alpha value is -1.59. The number of rotatable bonds is 6. The Bertz CT molecular complexity index is 401. The molecule has 5 nitrogen and oxygen atoms in total. The standard InChI is InChI=1S/C13H20N2O3/c1-9-7-11(16)3-4-12(9)13(17)15-10(5-6-14)8-18-2/h3-4,7,10,16H,5-6,8,14H2,1-2H3,(H,15,17).